The van der Waals surface area contributed by atoms with E-state index in [0.29, 0.717) is 12.2 Å². The topological polar surface area (TPSA) is 116 Å². The molecule has 11 heteroatoms. The molecule has 2 aromatic heterocycles. The van der Waals surface area contributed by atoms with Crippen LogP contribution in [0.1, 0.15) is 16.3 Å². The van der Waals surface area contributed by atoms with Crippen LogP contribution < -0.4 is 4.72 Å². The normalized spacial score (nSPS) is 11.5. The maximum Gasteiger partial charge on any atom is 0.358 e. The maximum absolute atomic E-state index is 12.1. The molecule has 0 atom stereocenters. The van der Waals surface area contributed by atoms with Crippen molar-refractivity contribution in [1.29, 1.82) is 0 Å². The third-order valence-electron chi connectivity index (χ3n) is 2.45. The van der Waals surface area contributed by atoms with Gasteiger partial charge in [-0.2, -0.15) is 5.10 Å². The van der Waals surface area contributed by atoms with Crippen molar-refractivity contribution < 1.29 is 17.9 Å². The van der Waals surface area contributed by atoms with Gasteiger partial charge in [-0.1, -0.05) is 0 Å². The molecule has 0 saturated carbocycles. The van der Waals surface area contributed by atoms with Crippen molar-refractivity contribution in [2.45, 2.75) is 10.6 Å². The third-order valence-corrected chi connectivity index (χ3v) is 5.28. The number of aromatic nitrogens is 4. The number of nitrogens with one attached hydrogen (secondary N) is 1. The molecule has 0 aromatic carbocycles. The van der Waals surface area contributed by atoms with Gasteiger partial charge in [-0.05, 0) is 0 Å². The van der Waals surface area contributed by atoms with Gasteiger partial charge >= 0.3 is 5.97 Å². The Morgan fingerprint density at radius 1 is 1.48 bits per heavy atom. The zero-order chi connectivity index (χ0) is 15.5. The first-order chi connectivity index (χ1) is 9.94. The van der Waals surface area contributed by atoms with E-state index < -0.39 is 16.0 Å². The number of aryl methyl sites for hydroxylation is 1. The first-order valence-corrected chi connectivity index (χ1v) is 8.16. The fraction of sp³-hybridized carbons (Fsp3) is 0.400. The predicted octanol–water partition coefficient (Wildman–Crippen LogP) is -0.421. The van der Waals surface area contributed by atoms with Crippen molar-refractivity contribution in [1.82, 2.24) is 24.5 Å². The first-order valence-electron chi connectivity index (χ1n) is 5.80. The minimum Gasteiger partial charge on any atom is -0.464 e. The summed E-state index contributed by atoms with van der Waals surface area (Å²) < 4.78 is 32.5. The highest BCUT2D eigenvalue weighted by Crippen LogP contribution is 2.20. The second-order valence-corrected chi connectivity index (χ2v) is 6.78. The van der Waals surface area contributed by atoms with Crippen LogP contribution in [-0.2, 0) is 28.2 Å². The number of carbonyl (C=O) groups is 1. The molecule has 21 heavy (non-hydrogen) atoms. The van der Waals surface area contributed by atoms with Crippen molar-refractivity contribution in [3.63, 3.8) is 0 Å². The molecule has 0 unspecified atom stereocenters. The quantitative estimate of drug-likeness (QED) is 0.714. The minimum absolute atomic E-state index is 0.116. The van der Waals surface area contributed by atoms with Crippen molar-refractivity contribution in [3.8, 4) is 0 Å². The molecule has 2 aromatic rings. The van der Waals surface area contributed by atoms with Gasteiger partial charge in [0.15, 0.2) is 15.7 Å². The molecule has 0 aliphatic heterocycles. The van der Waals surface area contributed by atoms with Crippen LogP contribution in [0.3, 0.4) is 0 Å². The Morgan fingerprint density at radius 3 is 2.86 bits per heavy atom. The third kappa shape index (κ3) is 3.62. The fourth-order valence-electron chi connectivity index (χ4n) is 1.52. The van der Waals surface area contributed by atoms with Crippen LogP contribution in [0, 0.1) is 0 Å². The number of sulfonamides is 1. The van der Waals surface area contributed by atoms with Gasteiger partial charge < -0.3 is 4.74 Å². The standard InChI is InChI=1S/C10H13N5O4S2/c1-15-5-11-7(14-15)3-4-13-21(17,18)10-8(9(16)19-2)12-6-20-10/h5-6,13H,3-4H2,1-2H3. The highest BCUT2D eigenvalue weighted by molar-refractivity contribution is 7.91. The Kier molecular flexibility index (Phi) is 4.65. The lowest BCUT2D eigenvalue weighted by Crippen LogP contribution is -2.27. The molecule has 9 nitrogen and oxygen atoms in total. The van der Waals surface area contributed by atoms with Crippen molar-refractivity contribution >= 4 is 27.3 Å². The van der Waals surface area contributed by atoms with Crippen LogP contribution in [0.25, 0.3) is 0 Å². The lowest BCUT2D eigenvalue weighted by molar-refractivity contribution is 0.0590. The van der Waals surface area contributed by atoms with Crippen LogP contribution in [0.2, 0.25) is 0 Å². The number of esters is 1. The van der Waals surface area contributed by atoms with Gasteiger partial charge in [-0.25, -0.2) is 27.9 Å². The summed E-state index contributed by atoms with van der Waals surface area (Å²) in [5.74, 6) is -0.263. The van der Waals surface area contributed by atoms with Gasteiger partial charge in [0.2, 0.25) is 0 Å². The zero-order valence-corrected chi connectivity index (χ0v) is 12.9. The summed E-state index contributed by atoms with van der Waals surface area (Å²) in [4.78, 5) is 19.2. The number of methoxy groups -OCH3 is 1. The molecular formula is C10H13N5O4S2. The average Bonchev–Trinajstić information content (AvgIpc) is 3.07. The monoisotopic (exact) mass is 331 g/mol. The Hall–Kier alpha value is -1.85. The van der Waals surface area contributed by atoms with Gasteiger partial charge in [0.1, 0.15) is 6.33 Å². The maximum atomic E-state index is 12.1. The molecular weight excluding hydrogens is 318 g/mol. The number of nitrogens with zero attached hydrogens (tertiary/aromatic N) is 4. The summed E-state index contributed by atoms with van der Waals surface area (Å²) in [6, 6.07) is 0. The fourth-order valence-corrected chi connectivity index (χ4v) is 3.73. The molecule has 0 aliphatic rings. The number of hydrogen-bond donors (Lipinski definition) is 1. The van der Waals surface area contributed by atoms with Gasteiger partial charge in [0.05, 0.1) is 12.6 Å². The Morgan fingerprint density at radius 2 is 2.24 bits per heavy atom. The predicted molar refractivity (Wildman–Crippen MR) is 73.3 cm³/mol. The van der Waals surface area contributed by atoms with E-state index >= 15 is 0 Å². The molecule has 1 N–H and O–H groups in total. The lowest BCUT2D eigenvalue weighted by atomic mass is 10.4. The van der Waals surface area contributed by atoms with Gasteiger partial charge in [0, 0.05) is 20.0 Å². The number of hydrogen-bond acceptors (Lipinski definition) is 8. The van der Waals surface area contributed by atoms with E-state index in [0.717, 1.165) is 18.4 Å². The highest BCUT2D eigenvalue weighted by Gasteiger charge is 2.26. The number of ether oxygens (including phenoxy) is 1. The first kappa shape index (κ1) is 15.5. The van der Waals surface area contributed by atoms with Gasteiger partial charge in [0.25, 0.3) is 10.0 Å². The largest absolute Gasteiger partial charge is 0.464 e. The minimum atomic E-state index is -3.82. The second-order valence-electron chi connectivity index (χ2n) is 3.96. The summed E-state index contributed by atoms with van der Waals surface area (Å²) in [6.45, 7) is 0.116. The summed E-state index contributed by atoms with van der Waals surface area (Å²) in [5.41, 5.74) is 1.06. The van der Waals surface area contributed by atoms with Crippen LogP contribution in [-0.4, -0.2) is 47.8 Å². The number of carbonyl (C=O) groups excluding carboxylic acids is 1. The van der Waals surface area contributed by atoms with Gasteiger partial charge in [-0.15, -0.1) is 11.3 Å². The molecule has 114 valence electrons. The molecule has 0 aliphatic carbocycles. The van der Waals surface area contributed by atoms with Crippen molar-refractivity contribution in [3.05, 3.63) is 23.4 Å². The SMILES string of the molecule is COC(=O)c1ncsc1S(=O)(=O)NCCc1ncn(C)n1. The number of rotatable bonds is 6. The molecule has 0 bridgehead atoms. The molecule has 0 spiro atoms. The molecule has 2 heterocycles. The molecule has 2 rings (SSSR count). The summed E-state index contributed by atoms with van der Waals surface area (Å²) >= 11 is 0.853. The molecule has 0 radical (unpaired) electrons. The summed E-state index contributed by atoms with van der Waals surface area (Å²) in [5, 5.41) is 4.04. The average molecular weight is 331 g/mol. The Bertz CT molecular complexity index is 736. The van der Waals surface area contributed by atoms with E-state index in [4.69, 9.17) is 0 Å². The van der Waals surface area contributed by atoms with Crippen LogP contribution >= 0.6 is 11.3 Å². The number of thiazole rings is 1. The van der Waals surface area contributed by atoms with Crippen molar-refractivity contribution in [2.24, 2.45) is 7.05 Å². The highest BCUT2D eigenvalue weighted by atomic mass is 32.2. The van der Waals surface area contributed by atoms with E-state index in [2.05, 4.69) is 24.5 Å². The van der Waals surface area contributed by atoms with E-state index in [1.54, 1.807) is 7.05 Å². The van der Waals surface area contributed by atoms with E-state index in [1.807, 2.05) is 0 Å². The second kappa shape index (κ2) is 6.28. The Balaban J connectivity index is 2.05. The molecule has 0 amide bonds. The van der Waals surface area contributed by atoms with E-state index in [9.17, 15) is 13.2 Å². The van der Waals surface area contributed by atoms with E-state index in [1.165, 1.54) is 16.5 Å². The van der Waals surface area contributed by atoms with Crippen LogP contribution in [0.4, 0.5) is 0 Å². The Labute approximate surface area is 125 Å². The molecule has 0 saturated heterocycles. The molecule has 0 fully saturated rings. The summed E-state index contributed by atoms with van der Waals surface area (Å²) in [7, 11) is -0.935. The van der Waals surface area contributed by atoms with E-state index in [-0.39, 0.29) is 16.4 Å². The van der Waals surface area contributed by atoms with Gasteiger partial charge in [-0.3, -0.25) is 4.68 Å². The zero-order valence-electron chi connectivity index (χ0n) is 11.3. The van der Waals surface area contributed by atoms with Crippen LogP contribution in [0.5, 0.6) is 0 Å². The van der Waals surface area contributed by atoms with Crippen molar-refractivity contribution in [2.75, 3.05) is 13.7 Å². The van der Waals surface area contributed by atoms with Crippen LogP contribution in [0.15, 0.2) is 16.0 Å². The lowest BCUT2D eigenvalue weighted by Gasteiger charge is -2.04. The smallest absolute Gasteiger partial charge is 0.358 e. The summed E-state index contributed by atoms with van der Waals surface area (Å²) in [6.07, 6.45) is 1.87.